The molecule has 1 fully saturated rings. The van der Waals surface area contributed by atoms with Gasteiger partial charge in [-0.3, -0.25) is 0 Å². The molecular formula is C16H21N3O. The van der Waals surface area contributed by atoms with Gasteiger partial charge in [0.25, 0.3) is 0 Å². The van der Waals surface area contributed by atoms with E-state index in [-0.39, 0.29) is 0 Å². The number of rotatable bonds is 5. The topological polar surface area (TPSA) is 39.1 Å². The fourth-order valence-electron chi connectivity index (χ4n) is 2.63. The van der Waals surface area contributed by atoms with Gasteiger partial charge in [-0.05, 0) is 31.9 Å². The number of nitrogens with zero attached hydrogens (tertiary/aromatic N) is 2. The van der Waals surface area contributed by atoms with Crippen LogP contribution in [-0.4, -0.2) is 29.0 Å². The summed E-state index contributed by atoms with van der Waals surface area (Å²) in [6.45, 7) is 2.19. The Bertz CT molecular complexity index is 546. The Morgan fingerprint density at radius 2 is 2.05 bits per heavy atom. The van der Waals surface area contributed by atoms with Crippen LogP contribution in [-0.2, 0) is 4.74 Å². The van der Waals surface area contributed by atoms with E-state index in [2.05, 4.69) is 35.7 Å². The third kappa shape index (κ3) is 2.76. The predicted octanol–water partition coefficient (Wildman–Crippen LogP) is 2.70. The Hall–Kier alpha value is -1.65. The van der Waals surface area contributed by atoms with Crippen LogP contribution in [0.5, 0.6) is 0 Å². The minimum Gasteiger partial charge on any atom is -0.381 e. The first kappa shape index (κ1) is 13.3. The number of hydrogen-bond acceptors (Lipinski definition) is 3. The molecule has 0 saturated heterocycles. The fraction of sp³-hybridized carbons (Fsp3) is 0.438. The van der Waals surface area contributed by atoms with E-state index >= 15 is 0 Å². The second kappa shape index (κ2) is 5.77. The Balaban J connectivity index is 1.62. The molecule has 1 heterocycles. The third-order valence-corrected chi connectivity index (χ3v) is 4.04. The summed E-state index contributed by atoms with van der Waals surface area (Å²) in [5.41, 5.74) is 2.31. The van der Waals surface area contributed by atoms with Gasteiger partial charge in [-0.15, -0.1) is 0 Å². The number of ether oxygens (including phenoxy) is 1. The molecule has 106 valence electrons. The molecule has 20 heavy (non-hydrogen) atoms. The monoisotopic (exact) mass is 271 g/mol. The van der Waals surface area contributed by atoms with Gasteiger partial charge in [0, 0.05) is 31.0 Å². The van der Waals surface area contributed by atoms with Gasteiger partial charge in [-0.1, -0.05) is 18.2 Å². The molecule has 1 unspecified atom stereocenters. The number of hydrogen-bond donors (Lipinski definition) is 1. The zero-order valence-electron chi connectivity index (χ0n) is 12.0. The van der Waals surface area contributed by atoms with Crippen LogP contribution < -0.4 is 5.32 Å². The van der Waals surface area contributed by atoms with Crippen LogP contribution in [0.25, 0.3) is 5.69 Å². The summed E-state index contributed by atoms with van der Waals surface area (Å²) in [6.07, 6.45) is 6.68. The molecule has 1 atom stereocenters. The highest BCUT2D eigenvalue weighted by Crippen LogP contribution is 2.25. The van der Waals surface area contributed by atoms with Crippen molar-refractivity contribution in [3.63, 3.8) is 0 Å². The van der Waals surface area contributed by atoms with Crippen molar-refractivity contribution < 1.29 is 4.74 Å². The van der Waals surface area contributed by atoms with E-state index in [0.717, 1.165) is 18.5 Å². The summed E-state index contributed by atoms with van der Waals surface area (Å²) in [6, 6.07) is 11.1. The summed E-state index contributed by atoms with van der Waals surface area (Å²) < 4.78 is 7.23. The molecule has 0 radical (unpaired) electrons. The van der Waals surface area contributed by atoms with E-state index in [4.69, 9.17) is 4.74 Å². The van der Waals surface area contributed by atoms with Crippen LogP contribution in [0.4, 0.5) is 0 Å². The summed E-state index contributed by atoms with van der Waals surface area (Å²) in [4.78, 5) is 0. The van der Waals surface area contributed by atoms with Gasteiger partial charge in [0.15, 0.2) is 0 Å². The maximum Gasteiger partial charge on any atom is 0.0645 e. The summed E-state index contributed by atoms with van der Waals surface area (Å²) in [5, 5.41) is 8.07. The van der Waals surface area contributed by atoms with Crippen molar-refractivity contribution in [2.45, 2.75) is 38.0 Å². The molecule has 0 spiro atoms. The molecule has 3 rings (SSSR count). The molecule has 1 aromatic carbocycles. The van der Waals surface area contributed by atoms with Crippen LogP contribution in [0.1, 0.15) is 31.4 Å². The molecule has 1 saturated carbocycles. The van der Waals surface area contributed by atoms with Crippen LogP contribution in [0.2, 0.25) is 0 Å². The minimum atomic E-state index is 0.315. The minimum absolute atomic E-state index is 0.315. The zero-order valence-corrected chi connectivity index (χ0v) is 12.0. The Morgan fingerprint density at radius 1 is 1.30 bits per heavy atom. The second-order valence-corrected chi connectivity index (χ2v) is 5.47. The smallest absolute Gasteiger partial charge is 0.0645 e. The first-order chi connectivity index (χ1) is 9.76. The molecule has 2 aromatic rings. The summed E-state index contributed by atoms with van der Waals surface area (Å²) in [5.74, 6) is 0. The average Bonchev–Trinajstić information content (AvgIpc) is 2.93. The van der Waals surface area contributed by atoms with Gasteiger partial charge in [0.05, 0.1) is 18.0 Å². The van der Waals surface area contributed by atoms with Gasteiger partial charge in [0.2, 0.25) is 0 Å². The van der Waals surface area contributed by atoms with Gasteiger partial charge in [-0.25, -0.2) is 4.68 Å². The zero-order chi connectivity index (χ0) is 13.9. The number of nitrogens with one attached hydrogen (secondary N) is 1. The molecule has 0 amide bonds. The molecule has 1 aliphatic rings. The largest absolute Gasteiger partial charge is 0.381 e. The fourth-order valence-corrected chi connectivity index (χ4v) is 2.63. The number of para-hydroxylation sites is 1. The molecular weight excluding hydrogens is 250 g/mol. The van der Waals surface area contributed by atoms with E-state index in [9.17, 15) is 0 Å². The highest BCUT2D eigenvalue weighted by Gasteiger charge is 2.30. The third-order valence-electron chi connectivity index (χ3n) is 4.04. The van der Waals surface area contributed by atoms with Crippen molar-refractivity contribution in [3.05, 3.63) is 48.3 Å². The molecule has 4 nitrogen and oxygen atoms in total. The molecule has 0 bridgehead atoms. The maximum atomic E-state index is 5.31. The van der Waals surface area contributed by atoms with E-state index in [0.29, 0.717) is 18.2 Å². The first-order valence-electron chi connectivity index (χ1n) is 7.15. The summed E-state index contributed by atoms with van der Waals surface area (Å²) in [7, 11) is 1.79. The van der Waals surface area contributed by atoms with Gasteiger partial charge in [0.1, 0.15) is 0 Å². The molecule has 1 aromatic heterocycles. The van der Waals surface area contributed by atoms with E-state index in [1.165, 1.54) is 5.56 Å². The van der Waals surface area contributed by atoms with Crippen LogP contribution in [0, 0.1) is 0 Å². The lowest BCUT2D eigenvalue weighted by Gasteiger charge is -2.36. The van der Waals surface area contributed by atoms with E-state index < -0.39 is 0 Å². The number of methoxy groups -OCH3 is 1. The van der Waals surface area contributed by atoms with Crippen molar-refractivity contribution in [2.75, 3.05) is 7.11 Å². The van der Waals surface area contributed by atoms with Crippen molar-refractivity contribution in [3.8, 4) is 5.69 Å². The average molecular weight is 271 g/mol. The second-order valence-electron chi connectivity index (χ2n) is 5.47. The van der Waals surface area contributed by atoms with Crippen molar-refractivity contribution >= 4 is 0 Å². The Labute approximate surface area is 119 Å². The first-order valence-corrected chi connectivity index (χ1v) is 7.15. The number of aromatic nitrogens is 2. The van der Waals surface area contributed by atoms with Gasteiger partial charge in [-0.2, -0.15) is 5.10 Å². The maximum absolute atomic E-state index is 5.31. The van der Waals surface area contributed by atoms with Crippen LogP contribution in [0.3, 0.4) is 0 Å². The Morgan fingerprint density at radius 3 is 2.75 bits per heavy atom. The lowest BCUT2D eigenvalue weighted by molar-refractivity contribution is 0.0147. The highest BCUT2D eigenvalue weighted by atomic mass is 16.5. The predicted molar refractivity (Wildman–Crippen MR) is 78.9 cm³/mol. The number of benzene rings is 1. The lowest BCUT2D eigenvalue weighted by Crippen LogP contribution is -2.45. The van der Waals surface area contributed by atoms with Crippen LogP contribution >= 0.6 is 0 Å². The molecule has 1 N–H and O–H groups in total. The van der Waals surface area contributed by atoms with E-state index in [1.54, 1.807) is 7.11 Å². The molecule has 0 aliphatic heterocycles. The van der Waals surface area contributed by atoms with Gasteiger partial charge >= 0.3 is 0 Å². The van der Waals surface area contributed by atoms with Crippen molar-refractivity contribution in [1.82, 2.24) is 15.1 Å². The molecule has 4 heteroatoms. The normalized spacial score (nSPS) is 23.3. The van der Waals surface area contributed by atoms with Crippen LogP contribution in [0.15, 0.2) is 42.7 Å². The Kier molecular flexibility index (Phi) is 3.85. The highest BCUT2D eigenvalue weighted by molar-refractivity contribution is 5.31. The summed E-state index contributed by atoms with van der Waals surface area (Å²) >= 11 is 0. The molecule has 1 aliphatic carbocycles. The SMILES string of the molecule is COC1CC(NC(C)c2cnn(-c3ccccc3)c2)C1. The quantitative estimate of drug-likeness (QED) is 0.908. The van der Waals surface area contributed by atoms with E-state index in [1.807, 2.05) is 29.1 Å². The van der Waals surface area contributed by atoms with Gasteiger partial charge < -0.3 is 10.1 Å². The standard InChI is InChI=1S/C16H21N3O/c1-12(18-14-8-16(9-14)20-2)13-10-17-19(11-13)15-6-4-3-5-7-15/h3-7,10-12,14,16,18H,8-9H2,1-2H3. The van der Waals surface area contributed by atoms with Crippen molar-refractivity contribution in [2.24, 2.45) is 0 Å². The lowest BCUT2D eigenvalue weighted by atomic mass is 9.88. The van der Waals surface area contributed by atoms with Crippen molar-refractivity contribution in [1.29, 1.82) is 0 Å².